The van der Waals surface area contributed by atoms with E-state index in [0.29, 0.717) is 17.7 Å². The van der Waals surface area contributed by atoms with Gasteiger partial charge in [-0.2, -0.15) is 0 Å². The summed E-state index contributed by atoms with van der Waals surface area (Å²) < 4.78 is 5.63. The Morgan fingerprint density at radius 3 is 2.62 bits per heavy atom. The Morgan fingerprint density at radius 2 is 2.00 bits per heavy atom. The van der Waals surface area contributed by atoms with Crippen LogP contribution < -0.4 is 4.74 Å². The lowest BCUT2D eigenvalue weighted by Gasteiger charge is -2.13. The Balaban J connectivity index is 2.81. The molecule has 1 aromatic rings. The van der Waals surface area contributed by atoms with E-state index in [-0.39, 0.29) is 11.9 Å². The number of ketones is 1. The normalized spacial score (nSPS) is 10.5. The van der Waals surface area contributed by atoms with Gasteiger partial charge in [0.15, 0.2) is 5.78 Å². The third kappa shape index (κ3) is 3.69. The molecular formula is C14H20O2. The third-order valence-electron chi connectivity index (χ3n) is 2.31. The number of benzene rings is 1. The molecule has 0 amide bonds. The van der Waals surface area contributed by atoms with E-state index in [0.717, 1.165) is 12.8 Å². The molecule has 0 aliphatic carbocycles. The van der Waals surface area contributed by atoms with Gasteiger partial charge in [-0.3, -0.25) is 4.79 Å². The highest BCUT2D eigenvalue weighted by Gasteiger charge is 2.12. The molecule has 0 aliphatic heterocycles. The first kappa shape index (κ1) is 12.8. The van der Waals surface area contributed by atoms with Crippen LogP contribution in [0.4, 0.5) is 0 Å². The maximum absolute atomic E-state index is 11.9. The van der Waals surface area contributed by atoms with E-state index in [4.69, 9.17) is 4.74 Å². The van der Waals surface area contributed by atoms with Gasteiger partial charge in [-0.05, 0) is 32.4 Å². The first-order valence-corrected chi connectivity index (χ1v) is 5.94. The maximum Gasteiger partial charge on any atom is 0.166 e. The molecule has 0 fully saturated rings. The van der Waals surface area contributed by atoms with Crippen molar-refractivity contribution in [1.29, 1.82) is 0 Å². The first-order valence-electron chi connectivity index (χ1n) is 5.94. The lowest BCUT2D eigenvalue weighted by atomic mass is 10.0. The number of carbonyl (C=O) groups excluding carboxylic acids is 1. The van der Waals surface area contributed by atoms with Crippen molar-refractivity contribution >= 4 is 5.78 Å². The Kier molecular flexibility index (Phi) is 5.03. The number of rotatable bonds is 6. The van der Waals surface area contributed by atoms with Crippen molar-refractivity contribution in [3.05, 3.63) is 29.8 Å². The van der Waals surface area contributed by atoms with Crippen LogP contribution in [-0.4, -0.2) is 11.9 Å². The average molecular weight is 220 g/mol. The minimum absolute atomic E-state index is 0.0973. The minimum atomic E-state index is 0.0973. The number of para-hydroxylation sites is 1. The SMILES string of the molecule is CCCCC(=O)c1ccccc1OC(C)C. The van der Waals surface area contributed by atoms with Crippen LogP contribution in [0, 0.1) is 0 Å². The van der Waals surface area contributed by atoms with Crippen molar-refractivity contribution in [2.24, 2.45) is 0 Å². The molecule has 0 unspecified atom stereocenters. The van der Waals surface area contributed by atoms with Crippen LogP contribution >= 0.6 is 0 Å². The van der Waals surface area contributed by atoms with Gasteiger partial charge >= 0.3 is 0 Å². The van der Waals surface area contributed by atoms with Crippen LogP contribution in [0.2, 0.25) is 0 Å². The van der Waals surface area contributed by atoms with E-state index >= 15 is 0 Å². The van der Waals surface area contributed by atoms with E-state index in [1.54, 1.807) is 0 Å². The summed E-state index contributed by atoms with van der Waals surface area (Å²) >= 11 is 0. The molecule has 2 heteroatoms. The monoisotopic (exact) mass is 220 g/mol. The largest absolute Gasteiger partial charge is 0.490 e. The quantitative estimate of drug-likeness (QED) is 0.681. The van der Waals surface area contributed by atoms with E-state index < -0.39 is 0 Å². The van der Waals surface area contributed by atoms with Crippen molar-refractivity contribution < 1.29 is 9.53 Å². The standard InChI is InChI=1S/C14H20O2/c1-4-5-9-13(15)12-8-6-7-10-14(12)16-11(2)3/h6-8,10-11H,4-5,9H2,1-3H3. The summed E-state index contributed by atoms with van der Waals surface area (Å²) in [5.74, 6) is 0.886. The van der Waals surface area contributed by atoms with Crippen LogP contribution in [-0.2, 0) is 0 Å². The van der Waals surface area contributed by atoms with Crippen molar-refractivity contribution in [3.63, 3.8) is 0 Å². The summed E-state index contributed by atoms with van der Waals surface area (Å²) in [7, 11) is 0. The van der Waals surface area contributed by atoms with Gasteiger partial charge in [-0.1, -0.05) is 25.5 Å². The summed E-state index contributed by atoms with van der Waals surface area (Å²) in [6.07, 6.45) is 2.68. The molecule has 16 heavy (non-hydrogen) atoms. The van der Waals surface area contributed by atoms with Crippen LogP contribution in [0.15, 0.2) is 24.3 Å². The van der Waals surface area contributed by atoms with Crippen LogP contribution in [0.1, 0.15) is 50.4 Å². The van der Waals surface area contributed by atoms with Gasteiger partial charge in [0.05, 0.1) is 11.7 Å². The lowest BCUT2D eigenvalue weighted by molar-refractivity contribution is 0.0974. The molecule has 0 aliphatic rings. The Hall–Kier alpha value is -1.31. The van der Waals surface area contributed by atoms with Crippen molar-refractivity contribution in [2.75, 3.05) is 0 Å². The zero-order valence-corrected chi connectivity index (χ0v) is 10.3. The highest BCUT2D eigenvalue weighted by atomic mass is 16.5. The fraction of sp³-hybridized carbons (Fsp3) is 0.500. The van der Waals surface area contributed by atoms with E-state index in [1.165, 1.54) is 0 Å². The van der Waals surface area contributed by atoms with E-state index in [9.17, 15) is 4.79 Å². The van der Waals surface area contributed by atoms with Gasteiger partial charge in [0, 0.05) is 6.42 Å². The van der Waals surface area contributed by atoms with Gasteiger partial charge in [0.2, 0.25) is 0 Å². The van der Waals surface area contributed by atoms with Crippen molar-refractivity contribution in [1.82, 2.24) is 0 Å². The highest BCUT2D eigenvalue weighted by molar-refractivity contribution is 5.98. The zero-order chi connectivity index (χ0) is 12.0. The number of hydrogen-bond donors (Lipinski definition) is 0. The van der Waals surface area contributed by atoms with Gasteiger partial charge in [0.1, 0.15) is 5.75 Å². The number of carbonyl (C=O) groups is 1. The van der Waals surface area contributed by atoms with Crippen LogP contribution in [0.3, 0.4) is 0 Å². The molecular weight excluding hydrogens is 200 g/mol. The molecule has 0 bridgehead atoms. The molecule has 0 aromatic heterocycles. The van der Waals surface area contributed by atoms with E-state index in [1.807, 2.05) is 38.1 Å². The summed E-state index contributed by atoms with van der Waals surface area (Å²) in [4.78, 5) is 11.9. The Morgan fingerprint density at radius 1 is 1.31 bits per heavy atom. The van der Waals surface area contributed by atoms with Gasteiger partial charge in [-0.15, -0.1) is 0 Å². The predicted octanol–water partition coefficient (Wildman–Crippen LogP) is 3.85. The molecule has 0 heterocycles. The summed E-state index contributed by atoms with van der Waals surface area (Å²) in [6, 6.07) is 7.48. The van der Waals surface area contributed by atoms with Crippen LogP contribution in [0.25, 0.3) is 0 Å². The third-order valence-corrected chi connectivity index (χ3v) is 2.31. The fourth-order valence-corrected chi connectivity index (χ4v) is 1.53. The second-order valence-corrected chi connectivity index (χ2v) is 4.19. The van der Waals surface area contributed by atoms with Gasteiger partial charge in [-0.25, -0.2) is 0 Å². The molecule has 0 saturated carbocycles. The average Bonchev–Trinajstić information content (AvgIpc) is 2.26. The maximum atomic E-state index is 11.9. The topological polar surface area (TPSA) is 26.3 Å². The second-order valence-electron chi connectivity index (χ2n) is 4.19. The molecule has 0 N–H and O–H groups in total. The summed E-state index contributed by atoms with van der Waals surface area (Å²) in [5.41, 5.74) is 0.713. The number of Topliss-reactive ketones (excluding diaryl/α,β-unsaturated/α-hetero) is 1. The molecule has 1 aromatic carbocycles. The van der Waals surface area contributed by atoms with E-state index in [2.05, 4.69) is 6.92 Å². The summed E-state index contributed by atoms with van der Waals surface area (Å²) in [6.45, 7) is 6.02. The van der Waals surface area contributed by atoms with Crippen molar-refractivity contribution in [3.8, 4) is 5.75 Å². The molecule has 0 atom stereocenters. The van der Waals surface area contributed by atoms with Gasteiger partial charge < -0.3 is 4.74 Å². The molecule has 0 radical (unpaired) electrons. The first-order chi connectivity index (χ1) is 7.65. The minimum Gasteiger partial charge on any atom is -0.490 e. The smallest absolute Gasteiger partial charge is 0.166 e. The highest BCUT2D eigenvalue weighted by Crippen LogP contribution is 2.21. The Labute approximate surface area is 97.6 Å². The molecule has 1 rings (SSSR count). The zero-order valence-electron chi connectivity index (χ0n) is 10.3. The second kappa shape index (κ2) is 6.31. The summed E-state index contributed by atoms with van der Waals surface area (Å²) in [5, 5.41) is 0. The predicted molar refractivity (Wildman–Crippen MR) is 66.1 cm³/mol. The molecule has 0 saturated heterocycles. The molecule has 88 valence electrons. The van der Waals surface area contributed by atoms with Gasteiger partial charge in [0.25, 0.3) is 0 Å². The van der Waals surface area contributed by atoms with Crippen LogP contribution in [0.5, 0.6) is 5.75 Å². The Bertz CT molecular complexity index is 342. The van der Waals surface area contributed by atoms with Crippen molar-refractivity contribution in [2.45, 2.75) is 46.1 Å². The lowest BCUT2D eigenvalue weighted by Crippen LogP contribution is -2.10. The fourth-order valence-electron chi connectivity index (χ4n) is 1.53. The molecule has 0 spiro atoms. The number of unbranched alkanes of at least 4 members (excludes halogenated alkanes) is 1. The number of hydrogen-bond acceptors (Lipinski definition) is 2. The number of ether oxygens (including phenoxy) is 1. The molecule has 2 nitrogen and oxygen atoms in total.